The third kappa shape index (κ3) is 75.9. The molecule has 9 nitrogen and oxygen atoms in total. The third-order valence-corrected chi connectivity index (χ3v) is 20.0. The summed E-state index contributed by atoms with van der Waals surface area (Å²) in [6, 6.07) is 0. The van der Waals surface area contributed by atoms with E-state index in [-0.39, 0.29) is 32.1 Å². The van der Waals surface area contributed by atoms with Crippen molar-refractivity contribution < 1.29 is 37.6 Å². The van der Waals surface area contributed by atoms with Crippen molar-refractivity contribution in [3.8, 4) is 0 Å². The number of phosphoric acid groups is 1. The molecule has 0 spiro atoms. The number of rotatable bonds is 79. The lowest BCUT2D eigenvalue weighted by atomic mass is 10.0. The molecule has 0 rings (SSSR count). The van der Waals surface area contributed by atoms with Gasteiger partial charge < -0.3 is 20.1 Å². The summed E-state index contributed by atoms with van der Waals surface area (Å²) in [7, 11) is -4.39. The van der Waals surface area contributed by atoms with Gasteiger partial charge in [-0.05, 0) is 12.8 Å². The minimum Gasteiger partial charge on any atom is -0.462 e. The van der Waals surface area contributed by atoms with Crippen molar-refractivity contribution in [2.75, 3.05) is 26.4 Å². The number of phosphoric ester groups is 1. The molecular weight excluding hydrogens is 1120 g/mol. The van der Waals surface area contributed by atoms with E-state index < -0.39 is 26.5 Å². The first-order valence-electron chi connectivity index (χ1n) is 40.5. The molecule has 0 bridgehead atoms. The van der Waals surface area contributed by atoms with Gasteiger partial charge in [-0.1, -0.05) is 438 Å². The Balaban J connectivity index is 3.71. The van der Waals surface area contributed by atoms with Gasteiger partial charge in [0.25, 0.3) is 0 Å². The van der Waals surface area contributed by atoms with E-state index in [0.717, 1.165) is 32.1 Å². The number of ether oxygens (including phenoxy) is 2. The number of esters is 2. The molecule has 532 valence electrons. The van der Waals surface area contributed by atoms with Crippen LogP contribution in [0.1, 0.15) is 463 Å². The molecule has 0 amide bonds. The molecule has 0 radical (unpaired) electrons. The lowest BCUT2D eigenvalue weighted by Crippen LogP contribution is -2.29. The Labute approximate surface area is 556 Å². The fourth-order valence-corrected chi connectivity index (χ4v) is 13.8. The van der Waals surface area contributed by atoms with Crippen LogP contribution in [-0.2, 0) is 32.7 Å². The molecule has 0 aromatic heterocycles. The topological polar surface area (TPSA) is 134 Å². The highest BCUT2D eigenvalue weighted by molar-refractivity contribution is 7.47. The summed E-state index contributed by atoms with van der Waals surface area (Å²) < 4.78 is 33.3. The number of carbonyl (C=O) groups excluding carboxylic acids is 2. The normalized spacial score (nSPS) is 12.7. The summed E-state index contributed by atoms with van der Waals surface area (Å²) in [4.78, 5) is 35.4. The van der Waals surface area contributed by atoms with E-state index in [2.05, 4.69) is 13.8 Å². The lowest BCUT2D eigenvalue weighted by Gasteiger charge is -2.19. The number of hydrogen-bond donors (Lipinski definition) is 2. The quantitative estimate of drug-likeness (QED) is 0.0347. The monoisotopic (exact) mass is 1280 g/mol. The Morgan fingerprint density at radius 1 is 0.292 bits per heavy atom. The predicted octanol–water partition coefficient (Wildman–Crippen LogP) is 26.9. The Kier molecular flexibility index (Phi) is 75.2. The Morgan fingerprint density at radius 2 is 0.483 bits per heavy atom. The minimum atomic E-state index is -4.39. The molecule has 89 heavy (non-hydrogen) atoms. The van der Waals surface area contributed by atoms with Crippen LogP contribution in [0, 0.1) is 0 Å². The van der Waals surface area contributed by atoms with Crippen LogP contribution in [0.5, 0.6) is 0 Å². The van der Waals surface area contributed by atoms with Crippen LogP contribution in [0.4, 0.5) is 0 Å². The molecule has 3 N–H and O–H groups in total. The van der Waals surface area contributed by atoms with Crippen LogP contribution >= 0.6 is 7.82 Å². The van der Waals surface area contributed by atoms with Gasteiger partial charge in [-0.2, -0.15) is 0 Å². The molecule has 2 atom stereocenters. The van der Waals surface area contributed by atoms with E-state index >= 15 is 0 Å². The van der Waals surface area contributed by atoms with Gasteiger partial charge in [-0.25, -0.2) is 4.57 Å². The van der Waals surface area contributed by atoms with Gasteiger partial charge in [0.2, 0.25) is 0 Å². The van der Waals surface area contributed by atoms with Gasteiger partial charge in [0, 0.05) is 19.4 Å². The van der Waals surface area contributed by atoms with E-state index in [1.54, 1.807) is 0 Å². The number of unbranched alkanes of at least 4 members (excludes halogenated alkanes) is 66. The molecule has 0 aromatic rings. The summed E-state index contributed by atoms with van der Waals surface area (Å²) in [5, 5.41) is 0. The van der Waals surface area contributed by atoms with E-state index in [1.807, 2.05) is 0 Å². The highest BCUT2D eigenvalue weighted by atomic mass is 31.2. The van der Waals surface area contributed by atoms with E-state index in [4.69, 9.17) is 24.3 Å². The number of nitrogens with two attached hydrogens (primary N) is 1. The van der Waals surface area contributed by atoms with Crippen molar-refractivity contribution in [2.45, 2.75) is 469 Å². The molecule has 0 saturated carbocycles. The van der Waals surface area contributed by atoms with Crippen LogP contribution in [0.2, 0.25) is 0 Å². The van der Waals surface area contributed by atoms with E-state index in [0.29, 0.717) is 12.8 Å². The fraction of sp³-hybridized carbons (Fsp3) is 0.975. The number of hydrogen-bond acceptors (Lipinski definition) is 8. The summed E-state index contributed by atoms with van der Waals surface area (Å²) >= 11 is 0. The van der Waals surface area contributed by atoms with Crippen molar-refractivity contribution >= 4 is 19.8 Å². The van der Waals surface area contributed by atoms with Crippen LogP contribution in [0.3, 0.4) is 0 Å². The second-order valence-corrected chi connectivity index (χ2v) is 29.5. The first kappa shape index (κ1) is 88.0. The Morgan fingerprint density at radius 3 is 0.685 bits per heavy atom. The molecule has 0 fully saturated rings. The van der Waals surface area contributed by atoms with Crippen molar-refractivity contribution in [1.29, 1.82) is 0 Å². The van der Waals surface area contributed by atoms with Gasteiger partial charge in [0.1, 0.15) is 6.61 Å². The van der Waals surface area contributed by atoms with Crippen LogP contribution < -0.4 is 5.73 Å². The first-order valence-corrected chi connectivity index (χ1v) is 42.0. The van der Waals surface area contributed by atoms with E-state index in [9.17, 15) is 19.0 Å². The van der Waals surface area contributed by atoms with Crippen molar-refractivity contribution in [2.24, 2.45) is 5.73 Å². The summed E-state index contributed by atoms with van der Waals surface area (Å²) in [5.74, 6) is -0.794. The van der Waals surface area contributed by atoms with Crippen LogP contribution in [0.25, 0.3) is 0 Å². The second-order valence-electron chi connectivity index (χ2n) is 28.0. The summed E-state index contributed by atoms with van der Waals surface area (Å²) in [6.45, 7) is 3.86. The maximum absolute atomic E-state index is 12.8. The number of carbonyl (C=O) groups is 2. The molecule has 0 aliphatic rings. The Hall–Kier alpha value is -0.990. The van der Waals surface area contributed by atoms with Gasteiger partial charge in [-0.15, -0.1) is 0 Å². The second kappa shape index (κ2) is 76.0. The maximum Gasteiger partial charge on any atom is 0.472 e. The molecule has 0 saturated heterocycles. The standard InChI is InChI=1S/C79H158NO8P/c1-3-5-7-9-11-13-15-17-19-21-23-25-27-29-31-33-34-35-36-37-38-39-40-41-42-44-46-48-50-52-54-56-58-60-62-64-66-68-70-72-79(82)88-77(76-87-89(83,84)86-74-73-80)75-85-78(81)71-69-67-65-63-61-59-57-55-53-51-49-47-45-43-32-30-28-26-24-22-20-18-16-14-12-10-8-6-4-2/h77H,3-76,80H2,1-2H3,(H,83,84). The zero-order valence-electron chi connectivity index (χ0n) is 60.2. The minimum absolute atomic E-state index is 0.0590. The molecule has 2 unspecified atom stereocenters. The van der Waals surface area contributed by atoms with Gasteiger partial charge in [0.05, 0.1) is 13.2 Å². The van der Waals surface area contributed by atoms with Gasteiger partial charge in [0.15, 0.2) is 6.10 Å². The smallest absolute Gasteiger partial charge is 0.462 e. The Bertz CT molecular complexity index is 1420. The van der Waals surface area contributed by atoms with Crippen LogP contribution in [0.15, 0.2) is 0 Å². The summed E-state index contributed by atoms with van der Waals surface area (Å²) in [5.41, 5.74) is 5.42. The third-order valence-electron chi connectivity index (χ3n) is 19.0. The zero-order chi connectivity index (χ0) is 64.4. The predicted molar refractivity (Wildman–Crippen MR) is 386 cm³/mol. The van der Waals surface area contributed by atoms with Crippen molar-refractivity contribution in [3.05, 3.63) is 0 Å². The molecule has 10 heteroatoms. The van der Waals surface area contributed by atoms with Crippen LogP contribution in [-0.4, -0.2) is 49.3 Å². The van der Waals surface area contributed by atoms with Gasteiger partial charge >= 0.3 is 19.8 Å². The molecule has 0 heterocycles. The SMILES string of the molecule is CCCCCCCCCCCCCCCCCCCCCCCCCCCCCCCCCCCCCCCCCC(=O)OC(COC(=O)CCCCCCCCCCCCCCCCCCCCCCCCCCCCCCC)COP(=O)(O)OCCN. The summed E-state index contributed by atoms with van der Waals surface area (Å²) in [6.07, 6.45) is 92.7. The molecule has 0 aliphatic carbocycles. The van der Waals surface area contributed by atoms with Gasteiger partial charge in [-0.3, -0.25) is 18.6 Å². The molecular formula is C79H158NO8P. The van der Waals surface area contributed by atoms with E-state index in [1.165, 1.54) is 398 Å². The van der Waals surface area contributed by atoms with Crippen molar-refractivity contribution in [1.82, 2.24) is 0 Å². The highest BCUT2D eigenvalue weighted by Gasteiger charge is 2.26. The average Bonchev–Trinajstić information content (AvgIpc) is 3.68. The lowest BCUT2D eigenvalue weighted by molar-refractivity contribution is -0.161. The average molecular weight is 1280 g/mol. The fourth-order valence-electron chi connectivity index (χ4n) is 13.0. The molecule has 0 aromatic carbocycles. The largest absolute Gasteiger partial charge is 0.472 e. The highest BCUT2D eigenvalue weighted by Crippen LogP contribution is 2.43. The maximum atomic E-state index is 12.8. The van der Waals surface area contributed by atoms with Crippen molar-refractivity contribution in [3.63, 3.8) is 0 Å². The zero-order valence-corrected chi connectivity index (χ0v) is 61.1. The molecule has 0 aliphatic heterocycles. The first-order chi connectivity index (χ1) is 43.8.